The lowest BCUT2D eigenvalue weighted by atomic mass is 9.94. The van der Waals surface area contributed by atoms with Gasteiger partial charge in [0.05, 0.1) is 5.56 Å². The fourth-order valence-corrected chi connectivity index (χ4v) is 2.11. The molecule has 0 bridgehead atoms. The molecule has 1 aromatic carbocycles. The molecule has 1 aromatic rings. The van der Waals surface area contributed by atoms with Gasteiger partial charge in [0.1, 0.15) is 0 Å². The molecular formula is C12H13F3O. The Labute approximate surface area is 91.9 Å². The van der Waals surface area contributed by atoms with E-state index in [1.807, 2.05) is 6.92 Å². The van der Waals surface area contributed by atoms with Gasteiger partial charge < -0.3 is 5.11 Å². The summed E-state index contributed by atoms with van der Waals surface area (Å²) in [6, 6.07) is 5.23. The summed E-state index contributed by atoms with van der Waals surface area (Å²) in [6.45, 7) is 2.06. The average Bonchev–Trinajstić information content (AvgIpc) is 2.90. The molecule has 88 valence electrons. The van der Waals surface area contributed by atoms with Gasteiger partial charge in [0, 0.05) is 6.61 Å². The smallest absolute Gasteiger partial charge is 0.396 e. The zero-order valence-electron chi connectivity index (χ0n) is 8.88. The Morgan fingerprint density at radius 2 is 1.88 bits per heavy atom. The maximum absolute atomic E-state index is 12.3. The molecule has 0 amide bonds. The van der Waals surface area contributed by atoms with E-state index in [2.05, 4.69) is 0 Å². The first-order chi connectivity index (χ1) is 7.38. The van der Waals surface area contributed by atoms with Gasteiger partial charge in [-0.3, -0.25) is 0 Å². The van der Waals surface area contributed by atoms with Gasteiger partial charge >= 0.3 is 6.18 Å². The number of alkyl halides is 3. The highest BCUT2D eigenvalue weighted by molar-refractivity contribution is 5.35. The minimum atomic E-state index is -4.28. The first-order valence-corrected chi connectivity index (χ1v) is 5.16. The van der Waals surface area contributed by atoms with Crippen LogP contribution in [0.2, 0.25) is 0 Å². The zero-order valence-corrected chi connectivity index (χ0v) is 8.88. The van der Waals surface area contributed by atoms with Crippen LogP contribution in [0.5, 0.6) is 0 Å². The summed E-state index contributed by atoms with van der Waals surface area (Å²) in [5.74, 6) is 0.184. The van der Waals surface area contributed by atoms with Crippen LogP contribution < -0.4 is 0 Å². The zero-order chi connectivity index (χ0) is 12.0. The van der Waals surface area contributed by atoms with Crippen molar-refractivity contribution in [1.82, 2.24) is 0 Å². The third-order valence-corrected chi connectivity index (χ3v) is 3.50. The van der Waals surface area contributed by atoms with Crippen molar-refractivity contribution in [3.05, 3.63) is 35.4 Å². The van der Waals surface area contributed by atoms with E-state index in [1.165, 1.54) is 12.1 Å². The number of hydrogen-bond acceptors (Lipinski definition) is 1. The normalized spacial score (nSPS) is 29.2. The summed E-state index contributed by atoms with van der Waals surface area (Å²) in [5, 5.41) is 9.01. The predicted octanol–water partition coefficient (Wildman–Crippen LogP) is 2.98. The van der Waals surface area contributed by atoms with Crippen LogP contribution in [0.4, 0.5) is 13.2 Å². The number of hydrogen-bond donors (Lipinski definition) is 1. The van der Waals surface area contributed by atoms with Gasteiger partial charge in [0.25, 0.3) is 0 Å². The maximum Gasteiger partial charge on any atom is 0.416 e. The van der Waals surface area contributed by atoms with Crippen LogP contribution in [0.15, 0.2) is 24.3 Å². The molecule has 0 radical (unpaired) electrons. The molecule has 1 nitrogen and oxygen atoms in total. The molecular weight excluding hydrogens is 217 g/mol. The molecule has 16 heavy (non-hydrogen) atoms. The second-order valence-corrected chi connectivity index (χ2v) is 4.58. The highest BCUT2D eigenvalue weighted by atomic mass is 19.4. The van der Waals surface area contributed by atoms with E-state index in [1.54, 1.807) is 0 Å². The van der Waals surface area contributed by atoms with E-state index in [-0.39, 0.29) is 17.9 Å². The molecule has 0 aromatic heterocycles. The van der Waals surface area contributed by atoms with Crippen LogP contribution in [-0.4, -0.2) is 11.7 Å². The van der Waals surface area contributed by atoms with Gasteiger partial charge in [-0.05, 0) is 35.4 Å². The van der Waals surface area contributed by atoms with Crippen molar-refractivity contribution in [3.63, 3.8) is 0 Å². The summed E-state index contributed by atoms with van der Waals surface area (Å²) < 4.78 is 37.0. The standard InChI is InChI=1S/C12H13F3O/c1-11(6-10(11)7-16)8-2-4-9(5-3-8)12(13,14)15/h2-5,10,16H,6-7H2,1H3. The largest absolute Gasteiger partial charge is 0.416 e. The number of aliphatic hydroxyl groups is 1. The van der Waals surface area contributed by atoms with Crippen molar-refractivity contribution in [2.75, 3.05) is 6.61 Å². The fraction of sp³-hybridized carbons (Fsp3) is 0.500. The Bertz CT molecular complexity index is 382. The third kappa shape index (κ3) is 1.82. The van der Waals surface area contributed by atoms with Crippen LogP contribution in [0.1, 0.15) is 24.5 Å². The quantitative estimate of drug-likeness (QED) is 0.828. The Morgan fingerprint density at radius 3 is 2.25 bits per heavy atom. The molecule has 2 atom stereocenters. The van der Waals surface area contributed by atoms with Crippen LogP contribution in [0.25, 0.3) is 0 Å². The molecule has 2 rings (SSSR count). The van der Waals surface area contributed by atoms with Crippen molar-refractivity contribution in [2.24, 2.45) is 5.92 Å². The Kier molecular flexibility index (Phi) is 2.49. The Hall–Kier alpha value is -1.03. The fourth-order valence-electron chi connectivity index (χ4n) is 2.11. The minimum Gasteiger partial charge on any atom is -0.396 e. The third-order valence-electron chi connectivity index (χ3n) is 3.50. The Balaban J connectivity index is 2.21. The summed E-state index contributed by atoms with van der Waals surface area (Å²) >= 11 is 0. The molecule has 4 heteroatoms. The number of rotatable bonds is 2. The molecule has 1 fully saturated rings. The highest BCUT2D eigenvalue weighted by Gasteiger charge is 2.50. The molecule has 0 aliphatic heterocycles. The summed E-state index contributed by atoms with van der Waals surface area (Å²) in [6.07, 6.45) is -3.44. The number of aliphatic hydroxyl groups excluding tert-OH is 1. The van der Waals surface area contributed by atoms with Gasteiger partial charge in [-0.1, -0.05) is 19.1 Å². The minimum absolute atomic E-state index is 0.0948. The van der Waals surface area contributed by atoms with Gasteiger partial charge in [-0.2, -0.15) is 13.2 Å². The lowest BCUT2D eigenvalue weighted by Crippen LogP contribution is -2.09. The van der Waals surface area contributed by atoms with Crippen molar-refractivity contribution in [1.29, 1.82) is 0 Å². The number of benzene rings is 1. The summed E-state index contributed by atoms with van der Waals surface area (Å²) in [5.41, 5.74) is 0.111. The van der Waals surface area contributed by atoms with Gasteiger partial charge in [-0.15, -0.1) is 0 Å². The van der Waals surface area contributed by atoms with Crippen LogP contribution >= 0.6 is 0 Å². The Morgan fingerprint density at radius 1 is 1.31 bits per heavy atom. The second kappa shape index (κ2) is 3.48. The topological polar surface area (TPSA) is 20.2 Å². The highest BCUT2D eigenvalue weighted by Crippen LogP contribution is 2.53. The van der Waals surface area contributed by atoms with Crippen LogP contribution in [-0.2, 0) is 11.6 Å². The summed E-state index contributed by atoms with van der Waals surface area (Å²) in [7, 11) is 0. The molecule has 1 aliphatic carbocycles. The van der Waals surface area contributed by atoms with Crippen molar-refractivity contribution in [3.8, 4) is 0 Å². The molecule has 1 aliphatic rings. The van der Waals surface area contributed by atoms with Gasteiger partial charge in [-0.25, -0.2) is 0 Å². The van der Waals surface area contributed by atoms with Crippen LogP contribution in [0, 0.1) is 5.92 Å². The van der Waals surface area contributed by atoms with E-state index in [4.69, 9.17) is 5.11 Å². The van der Waals surface area contributed by atoms with Gasteiger partial charge in [0.2, 0.25) is 0 Å². The van der Waals surface area contributed by atoms with E-state index in [0.29, 0.717) is 0 Å². The number of halogens is 3. The molecule has 0 spiro atoms. The monoisotopic (exact) mass is 230 g/mol. The predicted molar refractivity (Wildman–Crippen MR) is 54.0 cm³/mol. The van der Waals surface area contributed by atoms with E-state index < -0.39 is 11.7 Å². The molecule has 1 N–H and O–H groups in total. The first kappa shape index (κ1) is 11.5. The lowest BCUT2D eigenvalue weighted by Gasteiger charge is -2.13. The van der Waals surface area contributed by atoms with E-state index in [0.717, 1.165) is 24.1 Å². The van der Waals surface area contributed by atoms with E-state index >= 15 is 0 Å². The molecule has 2 unspecified atom stereocenters. The lowest BCUT2D eigenvalue weighted by molar-refractivity contribution is -0.137. The van der Waals surface area contributed by atoms with Crippen molar-refractivity contribution < 1.29 is 18.3 Å². The van der Waals surface area contributed by atoms with Crippen molar-refractivity contribution >= 4 is 0 Å². The SMILES string of the molecule is CC1(c2ccc(C(F)(F)F)cc2)CC1CO. The molecule has 0 saturated heterocycles. The van der Waals surface area contributed by atoms with Gasteiger partial charge in [0.15, 0.2) is 0 Å². The first-order valence-electron chi connectivity index (χ1n) is 5.16. The summed E-state index contributed by atoms with van der Waals surface area (Å²) in [4.78, 5) is 0. The maximum atomic E-state index is 12.3. The molecule has 1 saturated carbocycles. The second-order valence-electron chi connectivity index (χ2n) is 4.58. The van der Waals surface area contributed by atoms with Crippen molar-refractivity contribution in [2.45, 2.75) is 24.9 Å². The van der Waals surface area contributed by atoms with Crippen LogP contribution in [0.3, 0.4) is 0 Å². The molecule has 0 heterocycles. The van der Waals surface area contributed by atoms with E-state index in [9.17, 15) is 13.2 Å². The average molecular weight is 230 g/mol.